The van der Waals surface area contributed by atoms with Crippen molar-refractivity contribution in [1.82, 2.24) is 15.1 Å². The molecule has 0 radical (unpaired) electrons. The molecule has 27 heavy (non-hydrogen) atoms. The maximum Gasteiger partial charge on any atom is 0.289 e. The second kappa shape index (κ2) is 10.3. The number of nitrogens with one attached hydrogen (secondary N) is 1. The summed E-state index contributed by atoms with van der Waals surface area (Å²) in [6.07, 6.45) is 8.05. The molecule has 0 bridgehead atoms. The van der Waals surface area contributed by atoms with E-state index in [1.54, 1.807) is 18.4 Å². The van der Waals surface area contributed by atoms with E-state index in [0.29, 0.717) is 24.3 Å². The summed E-state index contributed by atoms with van der Waals surface area (Å²) in [7, 11) is 0. The second-order valence-electron chi connectivity index (χ2n) is 7.49. The Hall–Kier alpha value is -1.25. The third-order valence-corrected chi connectivity index (χ3v) is 5.91. The van der Waals surface area contributed by atoms with Crippen molar-refractivity contribution in [3.8, 4) is 0 Å². The predicted octanol–water partition coefficient (Wildman–Crippen LogP) is 3.59. The fourth-order valence-corrected chi connectivity index (χ4v) is 4.09. The van der Waals surface area contributed by atoms with Crippen molar-refractivity contribution in [2.75, 3.05) is 39.3 Å². The van der Waals surface area contributed by atoms with Crippen molar-refractivity contribution in [3.63, 3.8) is 0 Å². The molecule has 6 nitrogen and oxygen atoms in total. The van der Waals surface area contributed by atoms with Gasteiger partial charge in [-0.3, -0.25) is 9.79 Å². The molecule has 1 saturated heterocycles. The number of nitrogens with zero attached hydrogens (tertiary/aromatic N) is 3. The Kier molecular flexibility index (Phi) is 8.44. The van der Waals surface area contributed by atoms with Gasteiger partial charge in [0.2, 0.25) is 0 Å². The van der Waals surface area contributed by atoms with Crippen molar-refractivity contribution in [2.45, 2.75) is 46.0 Å². The number of hydrogen-bond acceptors (Lipinski definition) is 3. The molecule has 1 aliphatic heterocycles. The van der Waals surface area contributed by atoms with E-state index < -0.39 is 0 Å². The predicted molar refractivity (Wildman–Crippen MR) is 119 cm³/mol. The molecular formula is C20H33IN4O2. The largest absolute Gasteiger partial charge is 0.459 e. The van der Waals surface area contributed by atoms with Crippen LogP contribution in [0.1, 0.15) is 56.5 Å². The van der Waals surface area contributed by atoms with Crippen LogP contribution in [0.25, 0.3) is 0 Å². The molecule has 152 valence electrons. The number of guanidine groups is 1. The van der Waals surface area contributed by atoms with Crippen LogP contribution in [0.15, 0.2) is 27.8 Å². The average molecular weight is 488 g/mol. The highest BCUT2D eigenvalue weighted by Crippen LogP contribution is 2.41. The SMILES string of the molecule is CCNC(=NCC1(CC)CCCC1)N1CCN(C(=O)c2ccco2)CC1.I. The second-order valence-corrected chi connectivity index (χ2v) is 7.49. The van der Waals surface area contributed by atoms with Crippen molar-refractivity contribution in [2.24, 2.45) is 10.4 Å². The molecular weight excluding hydrogens is 455 g/mol. The van der Waals surface area contributed by atoms with Crippen LogP contribution in [-0.2, 0) is 0 Å². The van der Waals surface area contributed by atoms with Gasteiger partial charge >= 0.3 is 0 Å². The number of furan rings is 1. The quantitative estimate of drug-likeness (QED) is 0.391. The molecule has 1 aromatic heterocycles. The number of rotatable bonds is 5. The zero-order chi connectivity index (χ0) is 18.4. The highest BCUT2D eigenvalue weighted by atomic mass is 127. The Morgan fingerprint density at radius 2 is 1.85 bits per heavy atom. The van der Waals surface area contributed by atoms with Gasteiger partial charge in [-0.15, -0.1) is 24.0 Å². The van der Waals surface area contributed by atoms with E-state index in [1.165, 1.54) is 32.1 Å². The molecule has 0 atom stereocenters. The lowest BCUT2D eigenvalue weighted by atomic mass is 9.83. The molecule has 3 rings (SSSR count). The maximum absolute atomic E-state index is 12.4. The van der Waals surface area contributed by atoms with E-state index in [2.05, 4.69) is 24.1 Å². The standard InChI is InChI=1S/C20H32N4O2.HI/c1-3-20(9-5-6-10-20)16-22-19(21-4-2)24-13-11-23(12-14-24)18(25)17-8-7-15-26-17;/h7-8,15H,3-6,9-14,16H2,1-2H3,(H,21,22);1H. The smallest absolute Gasteiger partial charge is 0.289 e. The number of aliphatic imine (C=N–C) groups is 1. The third kappa shape index (κ3) is 5.39. The van der Waals surface area contributed by atoms with Crippen LogP contribution in [0.2, 0.25) is 0 Å². The fourth-order valence-electron chi connectivity index (χ4n) is 4.09. The van der Waals surface area contributed by atoms with Crippen molar-refractivity contribution >= 4 is 35.8 Å². The molecule has 2 fully saturated rings. The molecule has 1 amide bonds. The summed E-state index contributed by atoms with van der Waals surface area (Å²) in [6, 6.07) is 3.48. The molecule has 0 unspecified atom stereocenters. The van der Waals surface area contributed by atoms with Crippen molar-refractivity contribution in [1.29, 1.82) is 0 Å². The van der Waals surface area contributed by atoms with Crippen molar-refractivity contribution < 1.29 is 9.21 Å². The number of carbonyl (C=O) groups is 1. The van der Waals surface area contributed by atoms with E-state index in [-0.39, 0.29) is 29.9 Å². The monoisotopic (exact) mass is 488 g/mol. The fraction of sp³-hybridized carbons (Fsp3) is 0.700. The summed E-state index contributed by atoms with van der Waals surface area (Å²) in [6.45, 7) is 9.19. The topological polar surface area (TPSA) is 61.1 Å². The molecule has 7 heteroatoms. The molecule has 1 saturated carbocycles. The first kappa shape index (κ1) is 22.0. The zero-order valence-corrected chi connectivity index (χ0v) is 18.9. The van der Waals surface area contributed by atoms with E-state index >= 15 is 0 Å². The van der Waals surface area contributed by atoms with E-state index in [4.69, 9.17) is 9.41 Å². The maximum atomic E-state index is 12.4. The van der Waals surface area contributed by atoms with E-state index in [0.717, 1.165) is 32.1 Å². The summed E-state index contributed by atoms with van der Waals surface area (Å²) in [4.78, 5) is 21.6. The Morgan fingerprint density at radius 3 is 2.41 bits per heavy atom. The minimum Gasteiger partial charge on any atom is -0.459 e. The van der Waals surface area contributed by atoms with Gasteiger partial charge in [0.1, 0.15) is 0 Å². The van der Waals surface area contributed by atoms with Gasteiger partial charge in [0.05, 0.1) is 6.26 Å². The lowest BCUT2D eigenvalue weighted by Crippen LogP contribution is -2.54. The summed E-state index contributed by atoms with van der Waals surface area (Å²) >= 11 is 0. The first-order valence-electron chi connectivity index (χ1n) is 10.0. The van der Waals surface area contributed by atoms with Gasteiger partial charge in [-0.1, -0.05) is 19.8 Å². The lowest BCUT2D eigenvalue weighted by Gasteiger charge is -2.36. The van der Waals surface area contributed by atoms with Crippen LogP contribution in [0.5, 0.6) is 0 Å². The minimum absolute atomic E-state index is 0. The van der Waals surface area contributed by atoms with Crippen LogP contribution in [0.3, 0.4) is 0 Å². The molecule has 1 aromatic rings. The zero-order valence-electron chi connectivity index (χ0n) is 16.6. The minimum atomic E-state index is -0.0209. The third-order valence-electron chi connectivity index (χ3n) is 5.91. The summed E-state index contributed by atoms with van der Waals surface area (Å²) in [5, 5.41) is 3.44. The lowest BCUT2D eigenvalue weighted by molar-refractivity contribution is 0.0657. The Labute approximate surface area is 179 Å². The number of hydrogen-bond donors (Lipinski definition) is 1. The van der Waals surface area contributed by atoms with Crippen LogP contribution >= 0.6 is 24.0 Å². The molecule has 0 aromatic carbocycles. The van der Waals surface area contributed by atoms with Gasteiger partial charge in [0, 0.05) is 39.3 Å². The molecule has 2 heterocycles. The van der Waals surface area contributed by atoms with Gasteiger partial charge in [-0.2, -0.15) is 0 Å². The van der Waals surface area contributed by atoms with Gasteiger partial charge in [-0.25, -0.2) is 0 Å². The Balaban J connectivity index is 0.00000261. The first-order valence-corrected chi connectivity index (χ1v) is 10.0. The van der Waals surface area contributed by atoms with Crippen molar-refractivity contribution in [3.05, 3.63) is 24.2 Å². The summed E-state index contributed by atoms with van der Waals surface area (Å²) in [5.41, 5.74) is 0.401. The highest BCUT2D eigenvalue weighted by Gasteiger charge is 2.32. The Morgan fingerprint density at radius 1 is 1.19 bits per heavy atom. The molecule has 2 aliphatic rings. The van der Waals surface area contributed by atoms with Crippen LogP contribution in [-0.4, -0.2) is 60.9 Å². The van der Waals surface area contributed by atoms with Crippen LogP contribution in [0, 0.1) is 5.41 Å². The average Bonchev–Trinajstić information content (AvgIpc) is 3.37. The molecule has 1 N–H and O–H groups in total. The van der Waals surface area contributed by atoms with E-state index in [9.17, 15) is 4.79 Å². The highest BCUT2D eigenvalue weighted by molar-refractivity contribution is 14.0. The number of piperazine rings is 1. The number of carbonyl (C=O) groups excluding carboxylic acids is 1. The normalized spacial score (nSPS) is 19.7. The van der Waals surface area contributed by atoms with E-state index in [1.807, 2.05) is 4.90 Å². The summed E-state index contributed by atoms with van der Waals surface area (Å²) in [5.74, 6) is 1.40. The summed E-state index contributed by atoms with van der Waals surface area (Å²) < 4.78 is 5.24. The first-order chi connectivity index (χ1) is 12.7. The van der Waals surface area contributed by atoms with Gasteiger partial charge in [0.15, 0.2) is 11.7 Å². The molecule has 0 spiro atoms. The van der Waals surface area contributed by atoms with Gasteiger partial charge < -0.3 is 19.5 Å². The van der Waals surface area contributed by atoms with Gasteiger partial charge in [0.25, 0.3) is 5.91 Å². The van der Waals surface area contributed by atoms with Crippen LogP contribution in [0.4, 0.5) is 0 Å². The number of halogens is 1. The number of amides is 1. The Bertz CT molecular complexity index is 604. The molecule has 1 aliphatic carbocycles. The van der Waals surface area contributed by atoms with Crippen LogP contribution < -0.4 is 5.32 Å². The van der Waals surface area contributed by atoms with Gasteiger partial charge in [-0.05, 0) is 43.7 Å².